The van der Waals surface area contributed by atoms with Gasteiger partial charge in [0.15, 0.2) is 17.0 Å². The van der Waals surface area contributed by atoms with Gasteiger partial charge in [-0.3, -0.25) is 9.89 Å². The van der Waals surface area contributed by atoms with E-state index in [4.69, 9.17) is 4.74 Å². The maximum Gasteiger partial charge on any atom is 0.434 e. The topological polar surface area (TPSA) is 100 Å². The lowest BCUT2D eigenvalue weighted by atomic mass is 10.3. The Morgan fingerprint density at radius 2 is 2.13 bits per heavy atom. The van der Waals surface area contributed by atoms with Gasteiger partial charge in [0, 0.05) is 12.4 Å². The maximum absolute atomic E-state index is 13.3. The first-order valence-corrected chi connectivity index (χ1v) is 8.40. The van der Waals surface area contributed by atoms with Gasteiger partial charge in [-0.05, 0) is 6.07 Å². The van der Waals surface area contributed by atoms with Crippen LogP contribution < -0.4 is 10.2 Å². The molecule has 0 fully saturated rings. The molecule has 0 aromatic carbocycles. The van der Waals surface area contributed by atoms with E-state index in [1.54, 1.807) is 0 Å². The number of nitrogens with one attached hydrogen (secondary N) is 2. The molecule has 4 rings (SSSR count). The second-order valence-electron chi connectivity index (χ2n) is 6.07. The summed E-state index contributed by atoms with van der Waals surface area (Å²) >= 11 is 0. The van der Waals surface area contributed by atoms with Crippen LogP contribution in [0.15, 0.2) is 36.6 Å². The van der Waals surface area contributed by atoms with Crippen LogP contribution in [0.5, 0.6) is 0 Å². The Labute approximate surface area is 164 Å². The van der Waals surface area contributed by atoms with Crippen molar-refractivity contribution in [2.24, 2.45) is 0 Å². The zero-order chi connectivity index (χ0) is 21.5. The number of halogens is 5. The predicted octanol–water partition coefficient (Wildman–Crippen LogP) is 2.88. The fourth-order valence-corrected chi connectivity index (χ4v) is 2.85. The van der Waals surface area contributed by atoms with Crippen LogP contribution in [0.2, 0.25) is 0 Å². The smallest absolute Gasteiger partial charge is 0.434 e. The highest BCUT2D eigenvalue weighted by Gasteiger charge is 2.40. The summed E-state index contributed by atoms with van der Waals surface area (Å²) in [6.45, 7) is -0.104. The van der Waals surface area contributed by atoms with E-state index in [0.29, 0.717) is 6.26 Å². The fourth-order valence-electron chi connectivity index (χ4n) is 2.85. The molecular weight excluding hydrogens is 417 g/mol. The highest BCUT2D eigenvalue weighted by Crippen LogP contribution is 2.33. The number of H-pyrrole nitrogens is 1. The summed E-state index contributed by atoms with van der Waals surface area (Å²) < 4.78 is 71.7. The van der Waals surface area contributed by atoms with Gasteiger partial charge >= 0.3 is 6.18 Å². The van der Waals surface area contributed by atoms with Gasteiger partial charge in [-0.15, -0.1) is 0 Å². The van der Waals surface area contributed by atoms with Crippen LogP contribution >= 0.6 is 0 Å². The molecule has 0 saturated carbocycles. The van der Waals surface area contributed by atoms with Crippen LogP contribution in [-0.2, 0) is 4.74 Å². The Morgan fingerprint density at radius 3 is 2.87 bits per heavy atom. The van der Waals surface area contributed by atoms with Gasteiger partial charge < -0.3 is 15.0 Å². The first-order chi connectivity index (χ1) is 14.3. The van der Waals surface area contributed by atoms with E-state index >= 15 is 0 Å². The van der Waals surface area contributed by atoms with Crippen molar-refractivity contribution >= 4 is 23.1 Å². The molecule has 3 aromatic rings. The van der Waals surface area contributed by atoms with Crippen molar-refractivity contribution in [3.8, 4) is 0 Å². The molecule has 9 nitrogen and oxygen atoms in total. The molecule has 158 valence electrons. The van der Waals surface area contributed by atoms with E-state index in [9.17, 15) is 26.7 Å². The number of aromatic amines is 1. The quantitative estimate of drug-likeness (QED) is 0.619. The number of aromatic nitrogens is 5. The molecule has 0 unspecified atom stereocenters. The first-order valence-electron chi connectivity index (χ1n) is 8.40. The SMILES string of the molecule is O=C(Nc1c[nH]nc1C(F)F)c1cnn2ccc(N3CCOC=C3C(F)(F)F)nc12. The second kappa shape index (κ2) is 7.27. The number of carbonyl (C=O) groups is 1. The van der Waals surface area contributed by atoms with Gasteiger partial charge in [-0.25, -0.2) is 18.3 Å². The minimum atomic E-state index is -4.68. The monoisotopic (exact) mass is 429 g/mol. The van der Waals surface area contributed by atoms with Crippen molar-refractivity contribution in [2.45, 2.75) is 12.6 Å². The van der Waals surface area contributed by atoms with Crippen molar-refractivity contribution in [2.75, 3.05) is 23.4 Å². The van der Waals surface area contributed by atoms with E-state index in [2.05, 4.69) is 25.6 Å². The molecule has 14 heteroatoms. The van der Waals surface area contributed by atoms with Crippen LogP contribution in [0, 0.1) is 0 Å². The summed E-state index contributed by atoms with van der Waals surface area (Å²) in [6.07, 6.45) is -3.46. The molecule has 0 spiro atoms. The summed E-state index contributed by atoms with van der Waals surface area (Å²) in [5.41, 5.74) is -2.11. The number of alkyl halides is 5. The molecule has 3 aromatic heterocycles. The van der Waals surface area contributed by atoms with Gasteiger partial charge in [0.05, 0.1) is 18.4 Å². The Balaban J connectivity index is 1.68. The number of ether oxygens (including phenoxy) is 1. The van der Waals surface area contributed by atoms with Gasteiger partial charge in [0.2, 0.25) is 0 Å². The van der Waals surface area contributed by atoms with Gasteiger partial charge in [0.25, 0.3) is 12.3 Å². The van der Waals surface area contributed by atoms with Crippen LogP contribution in [0.4, 0.5) is 33.5 Å². The van der Waals surface area contributed by atoms with Crippen LogP contribution in [0.3, 0.4) is 0 Å². The van der Waals surface area contributed by atoms with Crippen molar-refractivity contribution in [1.82, 2.24) is 24.8 Å². The van der Waals surface area contributed by atoms with Crippen molar-refractivity contribution in [3.05, 3.63) is 47.9 Å². The third-order valence-corrected chi connectivity index (χ3v) is 4.21. The molecule has 4 heterocycles. The Kier molecular flexibility index (Phi) is 4.75. The van der Waals surface area contributed by atoms with Crippen LogP contribution in [-0.4, -0.2) is 50.0 Å². The number of hydrogen-bond acceptors (Lipinski definition) is 6. The molecule has 0 atom stereocenters. The van der Waals surface area contributed by atoms with E-state index in [1.165, 1.54) is 16.8 Å². The predicted molar refractivity (Wildman–Crippen MR) is 91.9 cm³/mol. The number of hydrogen-bond donors (Lipinski definition) is 2. The standard InChI is InChI=1S/C16H12F5N7O2/c17-13(18)12-9(6-22-26-12)24-15(29)8-5-23-28-2-1-11(25-14(8)28)27-3-4-30-7-10(27)16(19,20)21/h1-2,5-7,13H,3-4H2,(H,22,26)(H,24,29). The molecule has 0 aliphatic carbocycles. The van der Waals surface area contributed by atoms with Crippen molar-refractivity contribution in [1.29, 1.82) is 0 Å². The van der Waals surface area contributed by atoms with Gasteiger partial charge in [-0.2, -0.15) is 23.4 Å². The number of anilines is 2. The number of amides is 1. The summed E-state index contributed by atoms with van der Waals surface area (Å²) in [5, 5.41) is 11.8. The summed E-state index contributed by atoms with van der Waals surface area (Å²) in [5.74, 6) is -0.910. The van der Waals surface area contributed by atoms with Crippen molar-refractivity contribution < 1.29 is 31.5 Å². The van der Waals surface area contributed by atoms with E-state index in [1.807, 2.05) is 0 Å². The lowest BCUT2D eigenvalue weighted by molar-refractivity contribution is -0.0976. The molecule has 1 amide bonds. The number of nitrogens with zero attached hydrogens (tertiary/aromatic N) is 5. The Hall–Kier alpha value is -3.71. The third-order valence-electron chi connectivity index (χ3n) is 4.21. The maximum atomic E-state index is 13.3. The molecule has 0 saturated heterocycles. The molecule has 1 aliphatic rings. The molecule has 0 radical (unpaired) electrons. The van der Waals surface area contributed by atoms with Gasteiger partial charge in [-0.1, -0.05) is 0 Å². The highest BCUT2D eigenvalue weighted by atomic mass is 19.4. The molecule has 2 N–H and O–H groups in total. The third kappa shape index (κ3) is 3.51. The lowest BCUT2D eigenvalue weighted by Crippen LogP contribution is -2.37. The van der Waals surface area contributed by atoms with E-state index in [0.717, 1.165) is 17.3 Å². The Bertz CT molecular complexity index is 1120. The molecule has 30 heavy (non-hydrogen) atoms. The zero-order valence-corrected chi connectivity index (χ0v) is 14.8. The lowest BCUT2D eigenvalue weighted by Gasteiger charge is -2.30. The van der Waals surface area contributed by atoms with Crippen LogP contribution in [0.25, 0.3) is 5.65 Å². The normalized spacial score (nSPS) is 14.7. The minimum absolute atomic E-state index is 0.00986. The minimum Gasteiger partial charge on any atom is -0.497 e. The second-order valence-corrected chi connectivity index (χ2v) is 6.07. The summed E-state index contributed by atoms with van der Waals surface area (Å²) in [6, 6.07) is 1.30. The van der Waals surface area contributed by atoms with Gasteiger partial charge in [0.1, 0.15) is 24.3 Å². The number of allylic oxidation sites excluding steroid dienone is 1. The zero-order valence-electron chi connectivity index (χ0n) is 14.8. The average molecular weight is 429 g/mol. The highest BCUT2D eigenvalue weighted by molar-refractivity contribution is 6.08. The number of carbonyl (C=O) groups excluding carboxylic acids is 1. The molecule has 1 aliphatic heterocycles. The summed E-state index contributed by atoms with van der Waals surface area (Å²) in [4.78, 5) is 17.6. The summed E-state index contributed by atoms with van der Waals surface area (Å²) in [7, 11) is 0. The van der Waals surface area contributed by atoms with Crippen molar-refractivity contribution in [3.63, 3.8) is 0 Å². The number of rotatable bonds is 4. The van der Waals surface area contributed by atoms with Crippen LogP contribution in [0.1, 0.15) is 22.5 Å². The fraction of sp³-hybridized carbons (Fsp3) is 0.250. The first kappa shape index (κ1) is 19.6. The molecular formula is C16H12F5N7O2. The number of fused-ring (bicyclic) bond motifs is 1. The Morgan fingerprint density at radius 1 is 1.33 bits per heavy atom. The molecule has 0 bridgehead atoms. The average Bonchev–Trinajstić information content (AvgIpc) is 3.33. The van der Waals surface area contributed by atoms with E-state index in [-0.39, 0.29) is 35.9 Å². The van der Waals surface area contributed by atoms with E-state index < -0.39 is 29.9 Å². The largest absolute Gasteiger partial charge is 0.497 e.